The van der Waals surface area contributed by atoms with E-state index >= 15 is 0 Å². The van der Waals surface area contributed by atoms with Gasteiger partial charge in [-0.2, -0.15) is 0 Å². The number of hydrogen-bond donors (Lipinski definition) is 1. The van der Waals surface area contributed by atoms with Gasteiger partial charge >= 0.3 is 24.0 Å². The van der Waals surface area contributed by atoms with Crippen LogP contribution in [0.1, 0.15) is 81.1 Å². The molecule has 2 heterocycles. The van der Waals surface area contributed by atoms with Gasteiger partial charge in [0, 0.05) is 36.8 Å². The molecule has 0 bridgehead atoms. The Kier molecular flexibility index (Phi) is 9.24. The summed E-state index contributed by atoms with van der Waals surface area (Å²) >= 11 is 0. The van der Waals surface area contributed by atoms with Crippen molar-refractivity contribution in [2.45, 2.75) is 70.5 Å². The van der Waals surface area contributed by atoms with Crippen LogP contribution in [-0.2, 0) is 38.1 Å². The number of rotatable bonds is 9. The molecule has 11 heteroatoms. The van der Waals surface area contributed by atoms with Crippen LogP contribution in [0.5, 0.6) is 0 Å². The highest BCUT2D eigenvalue weighted by atomic mass is 16.6. The molecule has 268 valence electrons. The highest BCUT2D eigenvalue weighted by Gasteiger charge is 2.67. The fourth-order valence-corrected chi connectivity index (χ4v) is 9.55. The number of benzene rings is 2. The van der Waals surface area contributed by atoms with E-state index in [0.29, 0.717) is 24.8 Å². The lowest BCUT2D eigenvalue weighted by molar-refractivity contribution is -0.210. The van der Waals surface area contributed by atoms with Gasteiger partial charge in [-0.25, -0.2) is 4.79 Å². The smallest absolute Gasteiger partial charge is 0.407 e. The molecule has 1 N–H and O–H groups in total. The second-order valence-electron chi connectivity index (χ2n) is 14.8. The average molecular weight is 698 g/mol. The number of methoxy groups -OCH3 is 1. The lowest BCUT2D eigenvalue weighted by atomic mass is 9.43. The maximum atomic E-state index is 14.4. The number of carbonyl (C=O) groups is 5. The number of fused-ring (bicyclic) bond motifs is 6. The molecule has 4 aliphatic rings. The third-order valence-electron chi connectivity index (χ3n) is 11.9. The Morgan fingerprint density at radius 3 is 2.33 bits per heavy atom. The molecule has 1 saturated heterocycles. The third kappa shape index (κ3) is 6.10. The number of nitrogens with one attached hydrogen (secondary N) is 1. The Balaban J connectivity index is 0.970. The third-order valence-corrected chi connectivity index (χ3v) is 11.9. The molecule has 1 aromatic heterocycles. The Morgan fingerprint density at radius 2 is 1.67 bits per heavy atom. The van der Waals surface area contributed by atoms with Crippen molar-refractivity contribution in [2.24, 2.45) is 28.6 Å². The van der Waals surface area contributed by atoms with E-state index in [4.69, 9.17) is 23.4 Å². The van der Waals surface area contributed by atoms with Crippen LogP contribution in [0.15, 0.2) is 71.5 Å². The van der Waals surface area contributed by atoms with Crippen LogP contribution >= 0.6 is 0 Å². The topological polar surface area (TPSA) is 147 Å². The standard InChI is InChI=1S/C40H43NO10/c1-39-16-14-29-37(45)51-32(23-15-18-48-21-23)20-40(29,2)35(39)34(43)31(19-30(39)36(44)47-3)50-33(42)13-8-17-41-38(46)49-22-28-26-11-6-4-9-24(26)25-10-5-7-12-27(25)28/h4-7,9-12,15,18,21,28-32,35H,8,13-14,16-17,19-20,22H2,1-3H3,(H,41,46)/t29-,30-,31-,32-,35-,39-,40-/m0/s1. The van der Waals surface area contributed by atoms with Gasteiger partial charge in [0.05, 0.1) is 31.5 Å². The van der Waals surface area contributed by atoms with Crippen molar-refractivity contribution in [2.75, 3.05) is 20.3 Å². The zero-order chi connectivity index (χ0) is 35.9. The number of ether oxygens (including phenoxy) is 4. The second kappa shape index (κ2) is 13.7. The number of ketones is 1. The van der Waals surface area contributed by atoms with Crippen LogP contribution in [0.25, 0.3) is 11.1 Å². The number of cyclic esters (lactones) is 1. The summed E-state index contributed by atoms with van der Waals surface area (Å²) in [6.45, 7) is 4.16. The Morgan fingerprint density at radius 1 is 0.961 bits per heavy atom. The minimum atomic E-state index is -1.18. The molecular formula is C40H43NO10. The van der Waals surface area contributed by atoms with Crippen molar-refractivity contribution in [3.05, 3.63) is 83.8 Å². The summed E-state index contributed by atoms with van der Waals surface area (Å²) in [5.74, 6) is -3.89. The van der Waals surface area contributed by atoms with Crippen molar-refractivity contribution in [3.63, 3.8) is 0 Å². The van der Waals surface area contributed by atoms with Gasteiger partial charge in [0.2, 0.25) is 0 Å². The molecule has 0 spiro atoms. The SMILES string of the molecule is COC(=O)[C@@H]1C[C@H](OC(=O)CCCNC(=O)OCC2c3ccccc3-c3ccccc32)C(=O)[C@H]2[C@@]1(C)CC[C@H]1C(=O)O[C@H](c3ccoc3)C[C@]21C. The number of carbonyl (C=O) groups excluding carboxylic acids is 5. The number of furan rings is 1. The number of alkyl carbamates (subject to hydrolysis) is 1. The van der Waals surface area contributed by atoms with Gasteiger partial charge in [-0.1, -0.05) is 62.4 Å². The molecule has 11 nitrogen and oxygen atoms in total. The first-order chi connectivity index (χ1) is 24.5. The summed E-state index contributed by atoms with van der Waals surface area (Å²) in [5.41, 5.74) is 3.50. The first-order valence-corrected chi connectivity index (χ1v) is 17.7. The molecule has 51 heavy (non-hydrogen) atoms. The number of amides is 1. The van der Waals surface area contributed by atoms with E-state index in [1.807, 2.05) is 50.2 Å². The van der Waals surface area contributed by atoms with Crippen LogP contribution < -0.4 is 5.32 Å². The summed E-state index contributed by atoms with van der Waals surface area (Å²) < 4.78 is 27.6. The summed E-state index contributed by atoms with van der Waals surface area (Å²) in [6.07, 6.45) is 2.08. The normalized spacial score (nSPS) is 29.4. The molecule has 0 radical (unpaired) electrons. The first-order valence-electron chi connectivity index (χ1n) is 17.7. The second-order valence-corrected chi connectivity index (χ2v) is 14.8. The van der Waals surface area contributed by atoms with E-state index in [0.717, 1.165) is 22.3 Å². The highest BCUT2D eigenvalue weighted by molar-refractivity contribution is 5.93. The largest absolute Gasteiger partial charge is 0.472 e. The summed E-state index contributed by atoms with van der Waals surface area (Å²) in [5, 5.41) is 2.70. The Hall–Kier alpha value is -4.93. The quantitative estimate of drug-likeness (QED) is 0.154. The predicted molar refractivity (Wildman–Crippen MR) is 182 cm³/mol. The number of esters is 3. The minimum absolute atomic E-state index is 0.00139. The van der Waals surface area contributed by atoms with Crippen LogP contribution in [0.3, 0.4) is 0 Å². The minimum Gasteiger partial charge on any atom is -0.472 e. The first kappa shape index (κ1) is 34.5. The van der Waals surface area contributed by atoms with Crippen molar-refractivity contribution in [3.8, 4) is 11.1 Å². The Labute approximate surface area is 296 Å². The monoisotopic (exact) mass is 697 g/mol. The van der Waals surface area contributed by atoms with Gasteiger partial charge < -0.3 is 28.7 Å². The van der Waals surface area contributed by atoms with E-state index < -0.39 is 58.8 Å². The lowest BCUT2D eigenvalue weighted by Crippen LogP contribution is -2.64. The van der Waals surface area contributed by atoms with Crippen LogP contribution in [0.2, 0.25) is 0 Å². The molecular weight excluding hydrogens is 654 g/mol. The molecule has 1 aliphatic heterocycles. The lowest BCUT2D eigenvalue weighted by Gasteiger charge is -2.61. The van der Waals surface area contributed by atoms with Crippen LogP contribution in [0.4, 0.5) is 4.79 Å². The van der Waals surface area contributed by atoms with Crippen molar-refractivity contribution >= 4 is 29.8 Å². The fourth-order valence-electron chi connectivity index (χ4n) is 9.55. The van der Waals surface area contributed by atoms with Gasteiger partial charge in [0.1, 0.15) is 12.7 Å². The van der Waals surface area contributed by atoms with Gasteiger partial charge in [-0.05, 0) is 64.8 Å². The van der Waals surface area contributed by atoms with Gasteiger partial charge in [0.15, 0.2) is 11.9 Å². The van der Waals surface area contributed by atoms with Gasteiger partial charge in [-0.15, -0.1) is 0 Å². The maximum absolute atomic E-state index is 14.4. The molecule has 0 unspecified atom stereocenters. The molecule has 7 atom stereocenters. The van der Waals surface area contributed by atoms with E-state index in [1.165, 1.54) is 19.6 Å². The fraction of sp³-hybridized carbons (Fsp3) is 0.475. The van der Waals surface area contributed by atoms with Gasteiger partial charge in [-0.3, -0.25) is 19.2 Å². The van der Waals surface area contributed by atoms with E-state index in [2.05, 4.69) is 17.4 Å². The summed E-state index contributed by atoms with van der Waals surface area (Å²) in [6, 6.07) is 17.9. The van der Waals surface area contributed by atoms with Crippen molar-refractivity contribution in [1.29, 1.82) is 0 Å². The molecule has 7 rings (SSSR count). The van der Waals surface area contributed by atoms with Crippen LogP contribution in [0, 0.1) is 28.6 Å². The van der Waals surface area contributed by atoms with E-state index in [9.17, 15) is 24.0 Å². The molecule has 3 aliphatic carbocycles. The van der Waals surface area contributed by atoms with Crippen molar-refractivity contribution < 1.29 is 47.3 Å². The zero-order valence-corrected chi connectivity index (χ0v) is 29.1. The van der Waals surface area contributed by atoms with Crippen molar-refractivity contribution in [1.82, 2.24) is 5.32 Å². The molecule has 2 aromatic carbocycles. The van der Waals surface area contributed by atoms with E-state index in [1.54, 1.807) is 6.07 Å². The summed E-state index contributed by atoms with van der Waals surface area (Å²) in [4.78, 5) is 66.8. The summed E-state index contributed by atoms with van der Waals surface area (Å²) in [7, 11) is 1.31. The average Bonchev–Trinajstić information content (AvgIpc) is 3.77. The number of hydrogen-bond acceptors (Lipinski definition) is 10. The zero-order valence-electron chi connectivity index (χ0n) is 29.1. The highest BCUT2D eigenvalue weighted by Crippen LogP contribution is 2.65. The van der Waals surface area contributed by atoms with Gasteiger partial charge in [0.25, 0.3) is 0 Å². The number of Topliss-reactive ketones (excluding diaryl/α,β-unsaturated/α-hetero) is 1. The van der Waals surface area contributed by atoms with Crippen LogP contribution in [-0.4, -0.2) is 56.1 Å². The predicted octanol–water partition coefficient (Wildman–Crippen LogP) is 6.30. The molecule has 1 amide bonds. The maximum Gasteiger partial charge on any atom is 0.407 e. The molecule has 2 saturated carbocycles. The van der Waals surface area contributed by atoms with E-state index in [-0.39, 0.29) is 50.1 Å². The Bertz CT molecular complexity index is 1790. The molecule has 3 fully saturated rings. The molecule has 3 aromatic rings.